The number of likely N-dealkylation sites (tertiary alicyclic amines) is 1. The Bertz CT molecular complexity index is 869. The van der Waals surface area contributed by atoms with Gasteiger partial charge in [-0.2, -0.15) is 0 Å². The van der Waals surface area contributed by atoms with Crippen molar-refractivity contribution in [2.24, 2.45) is 0 Å². The highest BCUT2D eigenvalue weighted by molar-refractivity contribution is 5.91. The standard InChI is InChI=1S/C30H45N3O3/c1-32(24-25-34)20-12-5-3-2-4-6-13-21-33-22-18-27(19-23-33)36-30(35)31-29-17-11-10-16-28(29)26-14-8-7-9-15-26/h7-11,14-17,27,34H,2-6,12-13,18-25H2,1H3,(H,31,35). The molecular formula is C30H45N3O3. The van der Waals surface area contributed by atoms with Gasteiger partial charge in [-0.15, -0.1) is 0 Å². The van der Waals surface area contributed by atoms with Crippen molar-refractivity contribution >= 4 is 11.8 Å². The average Bonchev–Trinajstić information content (AvgIpc) is 2.89. The molecule has 1 saturated heterocycles. The first-order chi connectivity index (χ1) is 17.7. The largest absolute Gasteiger partial charge is 0.446 e. The van der Waals surface area contributed by atoms with Gasteiger partial charge in [0.25, 0.3) is 0 Å². The number of nitrogens with one attached hydrogen (secondary N) is 1. The maximum atomic E-state index is 12.6. The van der Waals surface area contributed by atoms with Gasteiger partial charge in [-0.1, -0.05) is 80.6 Å². The number of rotatable bonds is 15. The van der Waals surface area contributed by atoms with E-state index in [1.165, 1.54) is 44.9 Å². The predicted molar refractivity (Wildman–Crippen MR) is 148 cm³/mol. The predicted octanol–water partition coefficient (Wildman–Crippen LogP) is 6.02. The van der Waals surface area contributed by atoms with Crippen molar-refractivity contribution in [1.82, 2.24) is 9.80 Å². The molecule has 1 amide bonds. The van der Waals surface area contributed by atoms with Crippen LogP contribution in [0.5, 0.6) is 0 Å². The Balaban J connectivity index is 1.25. The molecule has 1 aliphatic rings. The van der Waals surface area contributed by atoms with Crippen LogP contribution in [-0.4, -0.2) is 73.5 Å². The monoisotopic (exact) mass is 495 g/mol. The smallest absolute Gasteiger partial charge is 0.411 e. The summed E-state index contributed by atoms with van der Waals surface area (Å²) in [5.41, 5.74) is 2.85. The first-order valence-corrected chi connectivity index (χ1v) is 13.8. The number of hydrogen-bond donors (Lipinski definition) is 2. The Morgan fingerprint density at radius 2 is 1.56 bits per heavy atom. The van der Waals surface area contributed by atoms with E-state index in [0.29, 0.717) is 0 Å². The first kappa shape index (κ1) is 28.2. The molecule has 0 bridgehead atoms. The van der Waals surface area contributed by atoms with Gasteiger partial charge in [-0.3, -0.25) is 5.32 Å². The normalized spacial score (nSPS) is 14.8. The van der Waals surface area contributed by atoms with Crippen LogP contribution >= 0.6 is 0 Å². The molecule has 1 fully saturated rings. The van der Waals surface area contributed by atoms with Gasteiger partial charge in [-0.05, 0) is 57.5 Å². The van der Waals surface area contributed by atoms with Crippen molar-refractivity contribution in [3.63, 3.8) is 0 Å². The number of carbonyl (C=O) groups is 1. The summed E-state index contributed by atoms with van der Waals surface area (Å²) in [6.07, 6.45) is 10.4. The number of para-hydroxylation sites is 1. The third kappa shape index (κ3) is 10.3. The van der Waals surface area contributed by atoms with E-state index in [1.54, 1.807) is 0 Å². The van der Waals surface area contributed by atoms with Crippen molar-refractivity contribution in [1.29, 1.82) is 0 Å². The highest BCUT2D eigenvalue weighted by atomic mass is 16.6. The van der Waals surface area contributed by atoms with E-state index in [2.05, 4.69) is 22.2 Å². The number of benzene rings is 2. The summed E-state index contributed by atoms with van der Waals surface area (Å²) >= 11 is 0. The van der Waals surface area contributed by atoms with Gasteiger partial charge in [-0.25, -0.2) is 4.79 Å². The molecule has 1 aliphatic heterocycles. The Kier molecular flexibility index (Phi) is 12.8. The minimum absolute atomic E-state index is 0.0124. The van der Waals surface area contributed by atoms with Gasteiger partial charge < -0.3 is 19.6 Å². The minimum atomic E-state index is -0.364. The summed E-state index contributed by atoms with van der Waals surface area (Å²) in [6, 6.07) is 17.9. The molecule has 6 nitrogen and oxygen atoms in total. The molecule has 0 atom stereocenters. The van der Waals surface area contributed by atoms with Crippen LogP contribution in [0.4, 0.5) is 10.5 Å². The lowest BCUT2D eigenvalue weighted by molar-refractivity contribution is 0.0584. The number of aliphatic hydroxyl groups is 1. The van der Waals surface area contributed by atoms with Crippen molar-refractivity contribution in [2.45, 2.75) is 63.9 Å². The lowest BCUT2D eigenvalue weighted by Crippen LogP contribution is -2.38. The molecule has 36 heavy (non-hydrogen) atoms. The van der Waals surface area contributed by atoms with Crippen LogP contribution in [0.3, 0.4) is 0 Å². The maximum Gasteiger partial charge on any atom is 0.411 e. The van der Waals surface area contributed by atoms with E-state index in [4.69, 9.17) is 9.84 Å². The third-order valence-corrected chi connectivity index (χ3v) is 7.05. The number of piperidine rings is 1. The van der Waals surface area contributed by atoms with Crippen LogP contribution in [0.2, 0.25) is 0 Å². The van der Waals surface area contributed by atoms with Gasteiger partial charge in [0.15, 0.2) is 0 Å². The van der Waals surface area contributed by atoms with Gasteiger partial charge in [0.2, 0.25) is 0 Å². The molecule has 0 aromatic heterocycles. The SMILES string of the molecule is CN(CCO)CCCCCCCCCN1CCC(OC(=O)Nc2ccccc2-c2ccccc2)CC1. The van der Waals surface area contributed by atoms with E-state index in [0.717, 1.165) is 62.4 Å². The number of hydrogen-bond acceptors (Lipinski definition) is 5. The second kappa shape index (κ2) is 16.4. The van der Waals surface area contributed by atoms with Crippen LogP contribution in [0.15, 0.2) is 54.6 Å². The fourth-order valence-electron chi connectivity index (χ4n) is 4.89. The van der Waals surface area contributed by atoms with Crippen molar-refractivity contribution < 1.29 is 14.6 Å². The Hall–Kier alpha value is -2.41. The molecule has 0 spiro atoms. The second-order valence-corrected chi connectivity index (χ2v) is 9.98. The fourth-order valence-corrected chi connectivity index (χ4v) is 4.89. The van der Waals surface area contributed by atoms with Crippen LogP contribution in [-0.2, 0) is 4.74 Å². The number of aliphatic hydroxyl groups excluding tert-OH is 1. The van der Waals surface area contributed by atoms with E-state index in [9.17, 15) is 4.79 Å². The third-order valence-electron chi connectivity index (χ3n) is 7.05. The van der Waals surface area contributed by atoms with Gasteiger partial charge >= 0.3 is 6.09 Å². The number of unbranched alkanes of at least 4 members (excludes halogenated alkanes) is 6. The summed E-state index contributed by atoms with van der Waals surface area (Å²) in [5, 5.41) is 11.9. The van der Waals surface area contributed by atoms with Crippen molar-refractivity contribution in [3.8, 4) is 11.1 Å². The lowest BCUT2D eigenvalue weighted by Gasteiger charge is -2.31. The summed E-state index contributed by atoms with van der Waals surface area (Å²) in [4.78, 5) is 17.3. The molecule has 198 valence electrons. The second-order valence-electron chi connectivity index (χ2n) is 9.98. The first-order valence-electron chi connectivity index (χ1n) is 13.8. The highest BCUT2D eigenvalue weighted by Gasteiger charge is 2.22. The maximum absolute atomic E-state index is 12.6. The Morgan fingerprint density at radius 1 is 0.917 bits per heavy atom. The number of amides is 1. The highest BCUT2D eigenvalue weighted by Crippen LogP contribution is 2.28. The van der Waals surface area contributed by atoms with E-state index in [1.807, 2.05) is 54.6 Å². The van der Waals surface area contributed by atoms with Gasteiger partial charge in [0, 0.05) is 25.2 Å². The van der Waals surface area contributed by atoms with Gasteiger partial charge in [0.05, 0.1) is 12.3 Å². The molecular weight excluding hydrogens is 450 g/mol. The summed E-state index contributed by atoms with van der Waals surface area (Å²) < 4.78 is 5.76. The summed E-state index contributed by atoms with van der Waals surface area (Å²) in [6.45, 7) is 5.26. The Morgan fingerprint density at radius 3 is 2.28 bits per heavy atom. The number of anilines is 1. The van der Waals surface area contributed by atoms with Crippen molar-refractivity contribution in [2.75, 3.05) is 51.7 Å². The fraction of sp³-hybridized carbons (Fsp3) is 0.567. The molecule has 1 heterocycles. The van der Waals surface area contributed by atoms with Crippen LogP contribution in [0, 0.1) is 0 Å². The number of likely N-dealkylation sites (N-methyl/N-ethyl adjacent to an activating group) is 1. The zero-order chi connectivity index (χ0) is 25.4. The zero-order valence-electron chi connectivity index (χ0n) is 22.0. The zero-order valence-corrected chi connectivity index (χ0v) is 22.0. The van der Waals surface area contributed by atoms with Gasteiger partial charge in [0.1, 0.15) is 6.10 Å². The molecule has 2 N–H and O–H groups in total. The quantitative estimate of drug-likeness (QED) is 0.296. The molecule has 2 aromatic rings. The topological polar surface area (TPSA) is 65.0 Å². The Labute approximate surface area is 217 Å². The van der Waals surface area contributed by atoms with E-state index in [-0.39, 0.29) is 18.8 Å². The molecule has 0 aliphatic carbocycles. The summed E-state index contributed by atoms with van der Waals surface area (Å²) in [7, 11) is 2.08. The molecule has 0 saturated carbocycles. The molecule has 3 rings (SSSR count). The number of ether oxygens (including phenoxy) is 1. The number of nitrogens with zero attached hydrogens (tertiary/aromatic N) is 2. The van der Waals surface area contributed by atoms with Crippen LogP contribution in [0.1, 0.15) is 57.8 Å². The van der Waals surface area contributed by atoms with Crippen LogP contribution < -0.4 is 5.32 Å². The molecule has 0 unspecified atom stereocenters. The van der Waals surface area contributed by atoms with Crippen molar-refractivity contribution in [3.05, 3.63) is 54.6 Å². The summed E-state index contributed by atoms with van der Waals surface area (Å²) in [5.74, 6) is 0. The van der Waals surface area contributed by atoms with E-state index < -0.39 is 0 Å². The lowest BCUT2D eigenvalue weighted by atomic mass is 10.0. The average molecular weight is 496 g/mol. The van der Waals surface area contributed by atoms with Crippen LogP contribution in [0.25, 0.3) is 11.1 Å². The van der Waals surface area contributed by atoms with E-state index >= 15 is 0 Å². The molecule has 6 heteroatoms. The molecule has 2 aromatic carbocycles. The molecule has 0 radical (unpaired) electrons. The minimum Gasteiger partial charge on any atom is -0.446 e. The number of carbonyl (C=O) groups excluding carboxylic acids is 1.